The van der Waals surface area contributed by atoms with Gasteiger partial charge in [0.05, 0.1) is 12.6 Å². The summed E-state index contributed by atoms with van der Waals surface area (Å²) in [5.74, 6) is -2.30. The Kier molecular flexibility index (Phi) is 15.5. The van der Waals surface area contributed by atoms with E-state index >= 15 is 0 Å². The first-order valence-electron chi connectivity index (χ1n) is 14.4. The van der Waals surface area contributed by atoms with Crippen LogP contribution in [0.4, 0.5) is 30.8 Å². The monoisotopic (exact) mass is 706 g/mol. The first-order valence-corrected chi connectivity index (χ1v) is 14.7. The molecule has 0 bridgehead atoms. The summed E-state index contributed by atoms with van der Waals surface area (Å²) in [5.41, 5.74) is 6.09. The summed E-state index contributed by atoms with van der Waals surface area (Å²) in [5, 5.41) is 11.8. The van der Waals surface area contributed by atoms with Crippen LogP contribution in [-0.4, -0.2) is 72.1 Å². The van der Waals surface area contributed by atoms with Gasteiger partial charge in [0.25, 0.3) is 12.4 Å². The lowest BCUT2D eigenvalue weighted by Gasteiger charge is -2.19. The van der Waals surface area contributed by atoms with Crippen molar-refractivity contribution in [2.24, 2.45) is 5.73 Å². The zero-order valence-electron chi connectivity index (χ0n) is 26.2. The molecule has 3 aromatic rings. The Labute approximate surface area is 284 Å². The van der Waals surface area contributed by atoms with Gasteiger partial charge >= 0.3 is 24.0 Å². The molecular weight excluding hydrogens is 673 g/mol. The van der Waals surface area contributed by atoms with E-state index in [1.54, 1.807) is 36.4 Å². The van der Waals surface area contributed by atoms with Gasteiger partial charge in [0, 0.05) is 29.4 Å². The molecule has 1 heterocycles. The summed E-state index contributed by atoms with van der Waals surface area (Å²) in [6.07, 6.45) is 5.99. The maximum Gasteiger partial charge on any atom is 0.422 e. The number of benzene rings is 2. The van der Waals surface area contributed by atoms with Crippen molar-refractivity contribution in [1.29, 1.82) is 0 Å². The molecular formula is C31H34ClF3N8O6. The molecule has 0 spiro atoms. The van der Waals surface area contributed by atoms with Gasteiger partial charge in [0.15, 0.2) is 6.61 Å². The number of rotatable bonds is 14. The van der Waals surface area contributed by atoms with Gasteiger partial charge in [-0.1, -0.05) is 23.7 Å². The van der Waals surface area contributed by atoms with E-state index in [0.717, 1.165) is 18.4 Å². The van der Waals surface area contributed by atoms with E-state index in [4.69, 9.17) is 26.9 Å². The average Bonchev–Trinajstić information content (AvgIpc) is 3.86. The molecule has 1 aliphatic carbocycles. The lowest BCUT2D eigenvalue weighted by molar-refractivity contribution is -0.154. The predicted octanol–water partition coefficient (Wildman–Crippen LogP) is 3.46. The van der Waals surface area contributed by atoms with Gasteiger partial charge in [-0.25, -0.2) is 0 Å². The number of amides is 3. The van der Waals surface area contributed by atoms with Crippen LogP contribution < -0.4 is 31.7 Å². The number of carbonyl (C=O) groups excluding carboxylic acids is 4. The van der Waals surface area contributed by atoms with Gasteiger partial charge in [-0.05, 0) is 67.6 Å². The van der Waals surface area contributed by atoms with Gasteiger partial charge in [-0.2, -0.15) is 28.1 Å². The maximum absolute atomic E-state index is 12.8. The van der Waals surface area contributed by atoms with Crippen LogP contribution >= 0.6 is 11.6 Å². The van der Waals surface area contributed by atoms with Crippen molar-refractivity contribution in [3.63, 3.8) is 0 Å². The fraction of sp³-hybridized carbons (Fsp3) is 0.323. The van der Waals surface area contributed by atoms with Gasteiger partial charge in [-0.3, -0.25) is 19.2 Å². The zero-order valence-corrected chi connectivity index (χ0v) is 26.9. The second-order valence-electron chi connectivity index (χ2n) is 10.0. The topological polar surface area (TPSA) is 200 Å². The Morgan fingerprint density at radius 1 is 0.959 bits per heavy atom. The highest BCUT2D eigenvalue weighted by molar-refractivity contribution is 6.34. The minimum atomic E-state index is -4.59. The smallest absolute Gasteiger partial charge is 0.422 e. The minimum absolute atomic E-state index is 0.0207. The van der Waals surface area contributed by atoms with Crippen LogP contribution in [0.5, 0.6) is 6.01 Å². The van der Waals surface area contributed by atoms with Crippen molar-refractivity contribution in [1.82, 2.24) is 25.6 Å². The Hall–Kier alpha value is -5.63. The maximum atomic E-state index is 12.8. The van der Waals surface area contributed by atoms with Crippen LogP contribution in [0.3, 0.4) is 0 Å². The molecule has 1 fully saturated rings. The number of primary amides is 1. The summed E-state index contributed by atoms with van der Waals surface area (Å²) < 4.78 is 47.1. The summed E-state index contributed by atoms with van der Waals surface area (Å²) >= 11 is 6.00. The number of unbranched alkanes of at least 4 members (excludes halogenated alkanes) is 1. The molecule has 3 amide bonds. The highest BCUT2D eigenvalue weighted by Crippen LogP contribution is 2.48. The van der Waals surface area contributed by atoms with Crippen LogP contribution in [0.25, 0.3) is 0 Å². The quantitative estimate of drug-likeness (QED) is 0.0712. The Morgan fingerprint density at radius 2 is 1.53 bits per heavy atom. The van der Waals surface area contributed by atoms with Crippen LogP contribution in [0.15, 0.2) is 48.5 Å². The standard InChI is InChI=1S/C27H28ClF3N8O4.C2H4O2.C2H2/c28-18-7-5-17(6-8-18)26(11-12-26)39-24-36-23(37-25(38-24)43-15-27(29,30)31)35-19-9-3-16(4-10-19)21(41)33-13-1-2-14-34-22(42)20(32)40;1-4-2-3;1-2/h3-10H,1-2,11-15H2,(H2,32,40)(H,33,41)(H,34,42)(H2,35,36,37,38,39);2H,1H3;1-2H. The van der Waals surface area contributed by atoms with E-state index in [0.29, 0.717) is 42.1 Å². The summed E-state index contributed by atoms with van der Waals surface area (Å²) in [6.45, 7) is -0.619. The molecule has 0 saturated heterocycles. The lowest BCUT2D eigenvalue weighted by atomic mass is 10.1. The summed E-state index contributed by atoms with van der Waals surface area (Å²) in [6, 6.07) is 12.9. The van der Waals surface area contributed by atoms with Crippen molar-refractivity contribution in [2.75, 3.05) is 37.4 Å². The number of nitrogens with zero attached hydrogens (tertiary/aromatic N) is 3. The third-order valence-electron chi connectivity index (χ3n) is 6.38. The SMILES string of the molecule is C#C.COC=O.NC(=O)C(=O)NCCCCNC(=O)c1ccc(Nc2nc(NC3(c4ccc(Cl)cc4)CC3)nc(OCC(F)(F)F)n2)cc1. The second-order valence-corrected chi connectivity index (χ2v) is 10.4. The van der Waals surface area contributed by atoms with E-state index in [9.17, 15) is 27.6 Å². The Balaban J connectivity index is 0.00000129. The van der Waals surface area contributed by atoms with E-state index < -0.39 is 36.1 Å². The van der Waals surface area contributed by atoms with Crippen LogP contribution in [0, 0.1) is 12.8 Å². The highest BCUT2D eigenvalue weighted by Gasteiger charge is 2.45. The molecule has 14 nitrogen and oxygen atoms in total. The molecule has 1 aliphatic rings. The molecule has 4 rings (SSSR count). The minimum Gasteiger partial charge on any atom is -0.471 e. The number of alkyl halides is 3. The van der Waals surface area contributed by atoms with Crippen molar-refractivity contribution in [2.45, 2.75) is 37.4 Å². The number of methoxy groups -OCH3 is 1. The molecule has 18 heteroatoms. The van der Waals surface area contributed by atoms with Crippen molar-refractivity contribution in [3.8, 4) is 18.9 Å². The van der Waals surface area contributed by atoms with Crippen molar-refractivity contribution in [3.05, 3.63) is 64.7 Å². The number of hydrogen-bond donors (Lipinski definition) is 5. The zero-order chi connectivity index (χ0) is 36.5. The molecule has 262 valence electrons. The third-order valence-corrected chi connectivity index (χ3v) is 6.63. The number of aromatic nitrogens is 3. The van der Waals surface area contributed by atoms with Gasteiger partial charge in [-0.15, -0.1) is 12.8 Å². The van der Waals surface area contributed by atoms with E-state index in [2.05, 4.69) is 53.8 Å². The Morgan fingerprint density at radius 3 is 2.06 bits per heavy atom. The molecule has 1 saturated carbocycles. The van der Waals surface area contributed by atoms with Gasteiger partial charge < -0.3 is 36.5 Å². The van der Waals surface area contributed by atoms with E-state index in [1.165, 1.54) is 7.11 Å². The molecule has 1 aromatic heterocycles. The molecule has 2 aromatic carbocycles. The molecule has 0 atom stereocenters. The van der Waals surface area contributed by atoms with Crippen molar-refractivity contribution < 1.29 is 41.8 Å². The normalized spacial score (nSPS) is 12.3. The van der Waals surface area contributed by atoms with Crippen LogP contribution in [0.2, 0.25) is 5.02 Å². The first kappa shape index (κ1) is 39.5. The number of nitrogens with one attached hydrogen (secondary N) is 4. The first-order chi connectivity index (χ1) is 23.3. The molecule has 0 aliphatic heterocycles. The summed E-state index contributed by atoms with van der Waals surface area (Å²) in [4.78, 5) is 55.5. The predicted molar refractivity (Wildman–Crippen MR) is 174 cm³/mol. The number of hydrogen-bond acceptors (Lipinski definition) is 11. The number of halogens is 4. The second kappa shape index (κ2) is 19.3. The number of anilines is 3. The number of ether oxygens (including phenoxy) is 2. The third kappa shape index (κ3) is 13.9. The summed E-state index contributed by atoms with van der Waals surface area (Å²) in [7, 11) is 1.31. The molecule has 6 N–H and O–H groups in total. The van der Waals surface area contributed by atoms with Crippen molar-refractivity contribution >= 4 is 53.4 Å². The fourth-order valence-electron chi connectivity index (χ4n) is 3.95. The fourth-order valence-corrected chi connectivity index (χ4v) is 4.08. The molecule has 49 heavy (non-hydrogen) atoms. The largest absolute Gasteiger partial charge is 0.471 e. The number of nitrogens with two attached hydrogens (primary N) is 1. The molecule has 0 unspecified atom stereocenters. The Bertz CT molecular complexity index is 1570. The van der Waals surface area contributed by atoms with E-state index in [1.807, 2.05) is 12.1 Å². The van der Waals surface area contributed by atoms with E-state index in [-0.39, 0.29) is 24.3 Å². The number of carbonyl (C=O) groups is 4. The average molecular weight is 707 g/mol. The van der Waals surface area contributed by atoms with Gasteiger partial charge in [0.2, 0.25) is 11.9 Å². The van der Waals surface area contributed by atoms with Crippen LogP contribution in [0.1, 0.15) is 41.6 Å². The molecule has 0 radical (unpaired) electrons. The number of terminal acetylenes is 1. The lowest BCUT2D eigenvalue weighted by Crippen LogP contribution is -2.36. The van der Waals surface area contributed by atoms with Crippen LogP contribution in [-0.2, 0) is 24.7 Å². The highest BCUT2D eigenvalue weighted by atomic mass is 35.5. The van der Waals surface area contributed by atoms with Gasteiger partial charge in [0.1, 0.15) is 0 Å².